The van der Waals surface area contributed by atoms with Gasteiger partial charge >= 0.3 is 0 Å². The first kappa shape index (κ1) is 16.6. The number of carbonyl (C=O) groups is 1. The maximum Gasteiger partial charge on any atom is 0.244 e. The highest BCUT2D eigenvalue weighted by Crippen LogP contribution is 2.30. The van der Waals surface area contributed by atoms with Crippen molar-refractivity contribution in [2.75, 3.05) is 25.0 Å². The first-order valence-electron chi connectivity index (χ1n) is 7.05. The molecule has 0 spiro atoms. The molecule has 1 fully saturated rings. The van der Waals surface area contributed by atoms with Crippen molar-refractivity contribution in [2.45, 2.75) is 31.9 Å². The summed E-state index contributed by atoms with van der Waals surface area (Å²) < 4.78 is 0. The fraction of sp³-hybridized carbons (Fsp3) is 0.533. The summed E-state index contributed by atoms with van der Waals surface area (Å²) in [5.74, 6) is 0.0708. The van der Waals surface area contributed by atoms with Gasteiger partial charge in [0.2, 0.25) is 5.91 Å². The maximum absolute atomic E-state index is 12.5. The van der Waals surface area contributed by atoms with E-state index in [0.29, 0.717) is 29.6 Å². The molecule has 1 amide bonds. The Hall–Kier alpha value is -0.810. The standard InChI is InChI=1S/C15H20Cl2N2O2/c1-10(20)5-7-18(2)14-6-8-19(15(14)21)11-3-4-12(16)13(17)9-11/h3-4,9-10,14,20H,5-8H2,1-2H3. The Morgan fingerprint density at radius 2 is 2.14 bits per heavy atom. The van der Waals surface area contributed by atoms with Gasteiger partial charge in [-0.15, -0.1) is 0 Å². The van der Waals surface area contributed by atoms with E-state index in [1.807, 2.05) is 18.0 Å². The highest BCUT2D eigenvalue weighted by atomic mass is 35.5. The lowest BCUT2D eigenvalue weighted by molar-refractivity contribution is -0.121. The molecule has 1 aromatic carbocycles. The fourth-order valence-corrected chi connectivity index (χ4v) is 2.82. The number of hydrogen-bond donors (Lipinski definition) is 1. The Morgan fingerprint density at radius 1 is 1.43 bits per heavy atom. The molecule has 0 aromatic heterocycles. The van der Waals surface area contributed by atoms with Crippen LogP contribution in [0, 0.1) is 0 Å². The molecular formula is C15H20Cl2N2O2. The Morgan fingerprint density at radius 3 is 2.76 bits per heavy atom. The van der Waals surface area contributed by atoms with Crippen LogP contribution < -0.4 is 4.90 Å². The van der Waals surface area contributed by atoms with Gasteiger partial charge in [-0.3, -0.25) is 9.69 Å². The minimum Gasteiger partial charge on any atom is -0.393 e. The molecule has 6 heteroatoms. The van der Waals surface area contributed by atoms with E-state index in [9.17, 15) is 9.90 Å². The van der Waals surface area contributed by atoms with Crippen LogP contribution in [0.25, 0.3) is 0 Å². The number of aliphatic hydroxyl groups excluding tert-OH is 1. The smallest absolute Gasteiger partial charge is 0.244 e. The van der Waals surface area contributed by atoms with Gasteiger partial charge in [0.25, 0.3) is 0 Å². The van der Waals surface area contributed by atoms with Crippen LogP contribution in [-0.2, 0) is 4.79 Å². The van der Waals surface area contributed by atoms with E-state index in [0.717, 1.165) is 12.1 Å². The van der Waals surface area contributed by atoms with E-state index in [1.165, 1.54) is 0 Å². The number of hydrogen-bond acceptors (Lipinski definition) is 3. The van der Waals surface area contributed by atoms with Crippen molar-refractivity contribution >= 4 is 34.8 Å². The van der Waals surface area contributed by atoms with E-state index >= 15 is 0 Å². The molecule has 2 rings (SSSR count). The van der Waals surface area contributed by atoms with Crippen LogP contribution in [0.15, 0.2) is 18.2 Å². The van der Waals surface area contributed by atoms with Crippen LogP contribution in [0.4, 0.5) is 5.69 Å². The molecule has 0 saturated carbocycles. The van der Waals surface area contributed by atoms with Crippen LogP contribution in [0.5, 0.6) is 0 Å². The minimum absolute atomic E-state index is 0.0708. The van der Waals surface area contributed by atoms with Crippen LogP contribution in [-0.4, -0.2) is 48.2 Å². The van der Waals surface area contributed by atoms with E-state index in [1.54, 1.807) is 24.0 Å². The van der Waals surface area contributed by atoms with Crippen molar-refractivity contribution in [3.63, 3.8) is 0 Å². The van der Waals surface area contributed by atoms with Gasteiger partial charge < -0.3 is 10.0 Å². The maximum atomic E-state index is 12.5. The molecule has 1 N–H and O–H groups in total. The number of aliphatic hydroxyl groups is 1. The summed E-state index contributed by atoms with van der Waals surface area (Å²) in [6.07, 6.45) is 1.08. The third-order valence-electron chi connectivity index (χ3n) is 3.82. The van der Waals surface area contributed by atoms with Crippen LogP contribution in [0.1, 0.15) is 19.8 Å². The second-order valence-electron chi connectivity index (χ2n) is 5.51. The molecule has 0 radical (unpaired) electrons. The molecule has 1 aliphatic rings. The van der Waals surface area contributed by atoms with Crippen LogP contribution in [0.3, 0.4) is 0 Å². The number of likely N-dealkylation sites (N-methyl/N-ethyl adjacent to an activating group) is 1. The predicted molar refractivity (Wildman–Crippen MR) is 86.1 cm³/mol. The summed E-state index contributed by atoms with van der Waals surface area (Å²) in [6, 6.07) is 5.10. The third-order valence-corrected chi connectivity index (χ3v) is 4.56. The normalized spacial score (nSPS) is 20.4. The summed E-state index contributed by atoms with van der Waals surface area (Å²) in [6.45, 7) is 3.12. The molecule has 1 heterocycles. The lowest BCUT2D eigenvalue weighted by atomic mass is 10.2. The SMILES string of the molecule is CC(O)CCN(C)C1CCN(c2ccc(Cl)c(Cl)c2)C1=O. The van der Waals surface area contributed by atoms with Crippen molar-refractivity contribution < 1.29 is 9.90 Å². The Bertz CT molecular complexity index is 522. The number of halogens is 2. The number of amides is 1. The molecule has 1 aliphatic heterocycles. The van der Waals surface area contributed by atoms with E-state index in [2.05, 4.69) is 0 Å². The predicted octanol–water partition coefficient (Wildman–Crippen LogP) is 2.80. The molecule has 21 heavy (non-hydrogen) atoms. The van der Waals surface area contributed by atoms with Crippen LogP contribution in [0.2, 0.25) is 10.0 Å². The Balaban J connectivity index is 2.05. The average molecular weight is 331 g/mol. The third kappa shape index (κ3) is 3.89. The van der Waals surface area contributed by atoms with Gasteiger partial charge in [-0.05, 0) is 45.0 Å². The van der Waals surface area contributed by atoms with Crippen molar-refractivity contribution in [2.24, 2.45) is 0 Å². The number of anilines is 1. The lowest BCUT2D eigenvalue weighted by Gasteiger charge is -2.24. The van der Waals surface area contributed by atoms with Gasteiger partial charge in [0.1, 0.15) is 0 Å². The van der Waals surface area contributed by atoms with Gasteiger partial charge in [-0.1, -0.05) is 23.2 Å². The number of benzene rings is 1. The van der Waals surface area contributed by atoms with Gasteiger partial charge in [0, 0.05) is 18.8 Å². The van der Waals surface area contributed by atoms with Gasteiger partial charge in [-0.25, -0.2) is 0 Å². The van der Waals surface area contributed by atoms with E-state index in [-0.39, 0.29) is 18.1 Å². The summed E-state index contributed by atoms with van der Waals surface area (Å²) >= 11 is 11.9. The number of rotatable bonds is 5. The molecule has 1 aromatic rings. The Kier molecular flexibility index (Phi) is 5.49. The zero-order chi connectivity index (χ0) is 15.6. The summed E-state index contributed by atoms with van der Waals surface area (Å²) in [5.41, 5.74) is 0.779. The average Bonchev–Trinajstić information content (AvgIpc) is 2.81. The molecule has 2 unspecified atom stereocenters. The van der Waals surface area contributed by atoms with Crippen molar-refractivity contribution in [1.82, 2.24) is 4.90 Å². The molecule has 0 bridgehead atoms. The summed E-state index contributed by atoms with van der Waals surface area (Å²) in [4.78, 5) is 16.3. The quantitative estimate of drug-likeness (QED) is 0.902. The second-order valence-corrected chi connectivity index (χ2v) is 6.33. The summed E-state index contributed by atoms with van der Waals surface area (Å²) in [7, 11) is 1.92. The molecule has 0 aliphatic carbocycles. The largest absolute Gasteiger partial charge is 0.393 e. The van der Waals surface area contributed by atoms with Gasteiger partial charge in [0.05, 0.1) is 22.2 Å². The van der Waals surface area contributed by atoms with Crippen molar-refractivity contribution in [3.05, 3.63) is 28.2 Å². The van der Waals surface area contributed by atoms with E-state index in [4.69, 9.17) is 23.2 Å². The topological polar surface area (TPSA) is 43.8 Å². The molecule has 116 valence electrons. The number of carbonyl (C=O) groups excluding carboxylic acids is 1. The zero-order valence-electron chi connectivity index (χ0n) is 12.2. The molecule has 4 nitrogen and oxygen atoms in total. The lowest BCUT2D eigenvalue weighted by Crippen LogP contribution is -2.40. The van der Waals surface area contributed by atoms with Crippen LogP contribution >= 0.6 is 23.2 Å². The Labute approximate surface area is 135 Å². The molecular weight excluding hydrogens is 311 g/mol. The minimum atomic E-state index is -0.352. The first-order chi connectivity index (χ1) is 9.90. The number of nitrogens with zero attached hydrogens (tertiary/aromatic N) is 2. The first-order valence-corrected chi connectivity index (χ1v) is 7.80. The fourth-order valence-electron chi connectivity index (χ4n) is 2.53. The van der Waals surface area contributed by atoms with Gasteiger partial charge in [-0.2, -0.15) is 0 Å². The molecule has 1 saturated heterocycles. The highest BCUT2D eigenvalue weighted by molar-refractivity contribution is 6.42. The van der Waals surface area contributed by atoms with E-state index < -0.39 is 0 Å². The summed E-state index contributed by atoms with van der Waals surface area (Å²) in [5, 5.41) is 10.3. The monoisotopic (exact) mass is 330 g/mol. The van der Waals surface area contributed by atoms with Crippen molar-refractivity contribution in [3.8, 4) is 0 Å². The highest BCUT2D eigenvalue weighted by Gasteiger charge is 2.35. The van der Waals surface area contributed by atoms with Crippen molar-refractivity contribution in [1.29, 1.82) is 0 Å². The second kappa shape index (κ2) is 6.97. The van der Waals surface area contributed by atoms with Gasteiger partial charge in [0.15, 0.2) is 0 Å². The molecule has 2 atom stereocenters. The zero-order valence-corrected chi connectivity index (χ0v) is 13.7.